The van der Waals surface area contributed by atoms with Crippen molar-refractivity contribution >= 4 is 21.7 Å². The summed E-state index contributed by atoms with van der Waals surface area (Å²) in [7, 11) is -3.67. The topological polar surface area (TPSA) is 83.5 Å². The summed E-state index contributed by atoms with van der Waals surface area (Å²) in [6.07, 6.45) is 0.395. The number of benzene rings is 2. The summed E-state index contributed by atoms with van der Waals surface area (Å²) in [4.78, 5) is 10.7. The Bertz CT molecular complexity index is 811. The molecule has 0 saturated heterocycles. The van der Waals surface area contributed by atoms with Gasteiger partial charge in [0.15, 0.2) is 0 Å². The second kappa shape index (κ2) is 7.49. The Morgan fingerprint density at radius 2 is 1.79 bits per heavy atom. The van der Waals surface area contributed by atoms with Crippen LogP contribution in [0.3, 0.4) is 0 Å². The van der Waals surface area contributed by atoms with Crippen LogP contribution in [0.5, 0.6) is 0 Å². The Labute approximate surface area is 142 Å². The van der Waals surface area contributed by atoms with Gasteiger partial charge >= 0.3 is 5.97 Å². The lowest BCUT2D eigenvalue weighted by Crippen LogP contribution is -2.13. The molecule has 0 aliphatic heterocycles. The monoisotopic (exact) mass is 347 g/mol. The van der Waals surface area contributed by atoms with Crippen molar-refractivity contribution in [1.29, 1.82) is 0 Å². The highest BCUT2D eigenvalue weighted by molar-refractivity contribution is 7.92. The Hall–Kier alpha value is -2.34. The maximum Gasteiger partial charge on any atom is 0.303 e. The molecular weight excluding hydrogens is 326 g/mol. The summed E-state index contributed by atoms with van der Waals surface area (Å²) in [5.41, 5.74) is 2.37. The molecule has 0 amide bonds. The van der Waals surface area contributed by atoms with E-state index in [0.29, 0.717) is 18.0 Å². The SMILES string of the molecule is CC(C)c1cccc(NS(=O)(=O)c2ccc(CCC(=O)O)cc2)c1. The molecule has 0 radical (unpaired) electrons. The van der Waals surface area contributed by atoms with Crippen LogP contribution in [0, 0.1) is 0 Å². The third-order valence-electron chi connectivity index (χ3n) is 3.67. The molecule has 24 heavy (non-hydrogen) atoms. The zero-order valence-corrected chi connectivity index (χ0v) is 14.5. The zero-order valence-electron chi connectivity index (χ0n) is 13.7. The molecule has 0 aliphatic rings. The molecule has 2 N–H and O–H groups in total. The fourth-order valence-corrected chi connectivity index (χ4v) is 3.31. The van der Waals surface area contributed by atoms with Gasteiger partial charge in [-0.1, -0.05) is 38.1 Å². The van der Waals surface area contributed by atoms with Gasteiger partial charge in [-0.3, -0.25) is 9.52 Å². The molecule has 5 nitrogen and oxygen atoms in total. The lowest BCUT2D eigenvalue weighted by molar-refractivity contribution is -0.136. The summed E-state index contributed by atoms with van der Waals surface area (Å²) < 4.78 is 27.5. The minimum atomic E-state index is -3.67. The van der Waals surface area contributed by atoms with Gasteiger partial charge in [0.05, 0.1) is 4.90 Å². The predicted molar refractivity (Wildman–Crippen MR) is 93.7 cm³/mol. The average molecular weight is 347 g/mol. The van der Waals surface area contributed by atoms with Crippen LogP contribution in [0.4, 0.5) is 5.69 Å². The predicted octanol–water partition coefficient (Wildman–Crippen LogP) is 3.63. The van der Waals surface area contributed by atoms with Gasteiger partial charge in [0.2, 0.25) is 0 Å². The molecule has 0 atom stereocenters. The molecule has 2 aromatic rings. The summed E-state index contributed by atoms with van der Waals surface area (Å²) in [5, 5.41) is 8.68. The molecular formula is C18H21NO4S. The molecule has 128 valence electrons. The number of sulfonamides is 1. The van der Waals surface area contributed by atoms with Crippen LogP contribution >= 0.6 is 0 Å². The summed E-state index contributed by atoms with van der Waals surface area (Å²) in [6.45, 7) is 4.09. The number of carboxylic acids is 1. The van der Waals surface area contributed by atoms with Gasteiger partial charge in [0.1, 0.15) is 0 Å². The van der Waals surface area contributed by atoms with Crippen molar-refractivity contribution < 1.29 is 18.3 Å². The Morgan fingerprint density at radius 1 is 1.12 bits per heavy atom. The van der Waals surface area contributed by atoms with E-state index >= 15 is 0 Å². The standard InChI is InChI=1S/C18H21NO4S/c1-13(2)15-4-3-5-16(12-15)19-24(22,23)17-9-6-14(7-10-17)8-11-18(20)21/h3-7,9-10,12-13,19H,8,11H2,1-2H3,(H,20,21). The molecule has 0 bridgehead atoms. The van der Waals surface area contributed by atoms with Gasteiger partial charge in [-0.2, -0.15) is 0 Å². The first kappa shape index (κ1) is 18.0. The van der Waals surface area contributed by atoms with Crippen LogP contribution in [0.1, 0.15) is 37.3 Å². The Kier molecular flexibility index (Phi) is 5.62. The van der Waals surface area contributed by atoms with E-state index in [1.165, 1.54) is 12.1 Å². The van der Waals surface area contributed by atoms with Crippen LogP contribution in [0.25, 0.3) is 0 Å². The molecule has 2 aromatic carbocycles. The fraction of sp³-hybridized carbons (Fsp3) is 0.278. The number of aliphatic carboxylic acids is 1. The minimum absolute atomic E-state index is 0.0202. The van der Waals surface area contributed by atoms with Gasteiger partial charge < -0.3 is 5.11 Å². The number of hydrogen-bond acceptors (Lipinski definition) is 3. The van der Waals surface area contributed by atoms with Gasteiger partial charge in [-0.25, -0.2) is 8.42 Å². The van der Waals surface area contributed by atoms with E-state index in [9.17, 15) is 13.2 Å². The van der Waals surface area contributed by atoms with Crippen molar-refractivity contribution in [2.24, 2.45) is 0 Å². The smallest absolute Gasteiger partial charge is 0.303 e. The largest absolute Gasteiger partial charge is 0.481 e. The minimum Gasteiger partial charge on any atom is -0.481 e. The highest BCUT2D eigenvalue weighted by Crippen LogP contribution is 2.21. The number of nitrogens with one attached hydrogen (secondary N) is 1. The lowest BCUT2D eigenvalue weighted by Gasteiger charge is -2.11. The summed E-state index contributed by atoms with van der Waals surface area (Å²) in [6, 6.07) is 13.6. The number of carboxylic acid groups (broad SMARTS) is 1. The van der Waals surface area contributed by atoms with Crippen LogP contribution in [-0.4, -0.2) is 19.5 Å². The average Bonchev–Trinajstić information content (AvgIpc) is 2.53. The van der Waals surface area contributed by atoms with Crippen molar-refractivity contribution in [3.05, 3.63) is 59.7 Å². The first-order valence-electron chi connectivity index (χ1n) is 7.71. The first-order chi connectivity index (χ1) is 11.3. The second-order valence-corrected chi connectivity index (χ2v) is 7.61. The molecule has 2 rings (SSSR count). The molecule has 0 spiro atoms. The normalized spacial score (nSPS) is 11.5. The number of aryl methyl sites for hydroxylation is 1. The van der Waals surface area contributed by atoms with Crippen LogP contribution in [0.15, 0.2) is 53.4 Å². The van der Waals surface area contributed by atoms with Gasteiger partial charge in [0.25, 0.3) is 10.0 Å². The quantitative estimate of drug-likeness (QED) is 0.801. The van der Waals surface area contributed by atoms with E-state index in [4.69, 9.17) is 5.11 Å². The molecule has 0 unspecified atom stereocenters. The van der Waals surface area contributed by atoms with Crippen molar-refractivity contribution in [2.75, 3.05) is 4.72 Å². The van der Waals surface area contributed by atoms with Crippen molar-refractivity contribution in [3.8, 4) is 0 Å². The third-order valence-corrected chi connectivity index (χ3v) is 5.06. The van der Waals surface area contributed by atoms with E-state index in [1.807, 2.05) is 32.0 Å². The fourth-order valence-electron chi connectivity index (χ4n) is 2.26. The van der Waals surface area contributed by atoms with E-state index < -0.39 is 16.0 Å². The van der Waals surface area contributed by atoms with Crippen LogP contribution in [0.2, 0.25) is 0 Å². The third kappa shape index (κ3) is 4.83. The van der Waals surface area contributed by atoms with Crippen molar-refractivity contribution in [1.82, 2.24) is 0 Å². The van der Waals surface area contributed by atoms with Crippen LogP contribution in [-0.2, 0) is 21.2 Å². The zero-order chi connectivity index (χ0) is 17.7. The van der Waals surface area contributed by atoms with E-state index in [0.717, 1.165) is 11.1 Å². The van der Waals surface area contributed by atoms with Crippen molar-refractivity contribution in [2.45, 2.75) is 37.5 Å². The molecule has 0 aromatic heterocycles. The highest BCUT2D eigenvalue weighted by Gasteiger charge is 2.14. The van der Waals surface area contributed by atoms with Gasteiger partial charge in [-0.05, 0) is 47.7 Å². The number of hydrogen-bond donors (Lipinski definition) is 2. The second-order valence-electron chi connectivity index (χ2n) is 5.92. The maximum atomic E-state index is 12.5. The number of rotatable bonds is 7. The van der Waals surface area contributed by atoms with Gasteiger partial charge in [-0.15, -0.1) is 0 Å². The van der Waals surface area contributed by atoms with Gasteiger partial charge in [0, 0.05) is 12.1 Å². The number of anilines is 1. The molecule has 0 aliphatic carbocycles. The molecule has 0 fully saturated rings. The molecule has 6 heteroatoms. The summed E-state index contributed by atoms with van der Waals surface area (Å²) >= 11 is 0. The summed E-state index contributed by atoms with van der Waals surface area (Å²) in [5.74, 6) is -0.568. The van der Waals surface area contributed by atoms with E-state index in [-0.39, 0.29) is 11.3 Å². The van der Waals surface area contributed by atoms with E-state index in [1.54, 1.807) is 18.2 Å². The lowest BCUT2D eigenvalue weighted by atomic mass is 10.0. The molecule has 0 saturated carbocycles. The maximum absolute atomic E-state index is 12.5. The number of carbonyl (C=O) groups is 1. The highest BCUT2D eigenvalue weighted by atomic mass is 32.2. The van der Waals surface area contributed by atoms with Crippen LogP contribution < -0.4 is 4.72 Å². The molecule has 0 heterocycles. The Morgan fingerprint density at radius 3 is 2.38 bits per heavy atom. The first-order valence-corrected chi connectivity index (χ1v) is 9.20. The van der Waals surface area contributed by atoms with Crippen molar-refractivity contribution in [3.63, 3.8) is 0 Å². The Balaban J connectivity index is 2.15. The van der Waals surface area contributed by atoms with E-state index in [2.05, 4.69) is 4.72 Å².